The first-order chi connectivity index (χ1) is 6.45. The predicted molar refractivity (Wildman–Crippen MR) is 64.3 cm³/mol. The summed E-state index contributed by atoms with van der Waals surface area (Å²) in [5.74, 6) is 1.96. The Labute approximate surface area is 126 Å². The largest absolute Gasteiger partial charge is 0.210 e. The van der Waals surface area contributed by atoms with Crippen molar-refractivity contribution in [2.45, 2.75) is 59.3 Å². The van der Waals surface area contributed by atoms with E-state index in [1.165, 1.54) is 0 Å². The second kappa shape index (κ2) is 6.39. The standard InChI is InChI=1S/C14H23.Tb/c1-9(2)12-7-8-13(10(3)4)14(12)11(5)6;/h7-11H,1-6H3;/q-1;. The Morgan fingerprint density at radius 1 is 0.933 bits per heavy atom. The van der Waals surface area contributed by atoms with Crippen molar-refractivity contribution in [1.29, 1.82) is 0 Å². The Bertz CT molecular complexity index is 267. The van der Waals surface area contributed by atoms with Crippen LogP contribution in [0, 0.1) is 38.6 Å². The molecule has 1 aromatic rings. The molecule has 15 heavy (non-hydrogen) atoms. The van der Waals surface area contributed by atoms with Crippen LogP contribution in [0.5, 0.6) is 0 Å². The third-order valence-electron chi connectivity index (χ3n) is 2.89. The van der Waals surface area contributed by atoms with E-state index in [9.17, 15) is 0 Å². The van der Waals surface area contributed by atoms with Crippen LogP contribution in [0.1, 0.15) is 76.0 Å². The van der Waals surface area contributed by atoms with E-state index in [0.29, 0.717) is 17.8 Å². The summed E-state index contributed by atoms with van der Waals surface area (Å²) in [6.07, 6.45) is 0. The number of rotatable bonds is 3. The Balaban J connectivity index is 0.00000196. The van der Waals surface area contributed by atoms with Crippen LogP contribution >= 0.6 is 0 Å². The average molecular weight is 350 g/mol. The second-order valence-corrected chi connectivity index (χ2v) is 5.12. The monoisotopic (exact) mass is 350 g/mol. The topological polar surface area (TPSA) is 0 Å². The number of hydrogen-bond acceptors (Lipinski definition) is 0. The molecule has 0 fully saturated rings. The third kappa shape index (κ3) is 3.56. The maximum atomic E-state index is 2.31. The van der Waals surface area contributed by atoms with Crippen molar-refractivity contribution >= 4 is 0 Å². The van der Waals surface area contributed by atoms with Crippen molar-refractivity contribution in [2.75, 3.05) is 0 Å². The minimum absolute atomic E-state index is 0. The molecule has 1 rings (SSSR count). The van der Waals surface area contributed by atoms with Crippen LogP contribution in [-0.4, -0.2) is 0 Å². The molecule has 0 N–H and O–H groups in total. The average Bonchev–Trinajstić information content (AvgIpc) is 2.46. The van der Waals surface area contributed by atoms with Crippen molar-refractivity contribution < 1.29 is 38.6 Å². The van der Waals surface area contributed by atoms with Gasteiger partial charge in [0, 0.05) is 38.6 Å². The molecule has 0 unspecified atom stereocenters. The normalized spacial score (nSPS) is 11.3. The van der Waals surface area contributed by atoms with E-state index in [1.54, 1.807) is 16.7 Å². The zero-order valence-corrected chi connectivity index (χ0v) is 12.9. The van der Waals surface area contributed by atoms with Crippen LogP contribution in [0.25, 0.3) is 0 Å². The first kappa shape index (κ1) is 15.6. The van der Waals surface area contributed by atoms with Crippen molar-refractivity contribution in [3.8, 4) is 0 Å². The summed E-state index contributed by atoms with van der Waals surface area (Å²) in [4.78, 5) is 0. The van der Waals surface area contributed by atoms with E-state index in [4.69, 9.17) is 0 Å². The van der Waals surface area contributed by atoms with Crippen LogP contribution in [-0.2, 0) is 0 Å². The van der Waals surface area contributed by atoms with Gasteiger partial charge in [-0.15, -0.1) is 0 Å². The molecule has 1 aromatic carbocycles. The van der Waals surface area contributed by atoms with Crippen LogP contribution in [0.3, 0.4) is 0 Å². The molecule has 0 saturated heterocycles. The van der Waals surface area contributed by atoms with Gasteiger partial charge in [-0.2, -0.15) is 22.8 Å². The van der Waals surface area contributed by atoms with Crippen LogP contribution in [0.2, 0.25) is 0 Å². The van der Waals surface area contributed by atoms with Gasteiger partial charge in [0.15, 0.2) is 0 Å². The molecule has 0 aliphatic rings. The van der Waals surface area contributed by atoms with Gasteiger partial charge in [-0.1, -0.05) is 53.4 Å². The summed E-state index contributed by atoms with van der Waals surface area (Å²) in [7, 11) is 0. The van der Waals surface area contributed by atoms with Gasteiger partial charge < -0.3 is 0 Å². The molecular weight excluding hydrogens is 327 g/mol. The molecule has 1 radical (unpaired) electrons. The van der Waals surface area contributed by atoms with Crippen molar-refractivity contribution in [1.82, 2.24) is 0 Å². The molecule has 0 heterocycles. The zero-order chi connectivity index (χ0) is 10.9. The summed E-state index contributed by atoms with van der Waals surface area (Å²) in [5.41, 5.74) is 4.68. The molecule has 0 atom stereocenters. The smallest absolute Gasteiger partial charge is 0 e. The third-order valence-corrected chi connectivity index (χ3v) is 2.89. The molecule has 1 heteroatoms. The summed E-state index contributed by atoms with van der Waals surface area (Å²) < 4.78 is 0. The van der Waals surface area contributed by atoms with Crippen LogP contribution in [0.15, 0.2) is 12.1 Å². The van der Waals surface area contributed by atoms with Gasteiger partial charge in [-0.05, 0) is 5.92 Å². The molecule has 0 aliphatic carbocycles. The van der Waals surface area contributed by atoms with Gasteiger partial charge in [0.1, 0.15) is 0 Å². The van der Waals surface area contributed by atoms with E-state index < -0.39 is 0 Å². The Hall–Kier alpha value is 0.636. The van der Waals surface area contributed by atoms with Gasteiger partial charge >= 0.3 is 0 Å². The van der Waals surface area contributed by atoms with E-state index >= 15 is 0 Å². The zero-order valence-electron chi connectivity index (χ0n) is 10.7. The Morgan fingerprint density at radius 2 is 1.47 bits per heavy atom. The fourth-order valence-corrected chi connectivity index (χ4v) is 2.20. The van der Waals surface area contributed by atoms with Gasteiger partial charge in [0.05, 0.1) is 0 Å². The Kier molecular flexibility index (Phi) is 6.66. The number of hydrogen-bond donors (Lipinski definition) is 0. The van der Waals surface area contributed by atoms with Crippen molar-refractivity contribution in [3.05, 3.63) is 28.8 Å². The summed E-state index contributed by atoms with van der Waals surface area (Å²) in [5, 5.41) is 0. The van der Waals surface area contributed by atoms with E-state index in [1.807, 2.05) is 0 Å². The molecule has 0 amide bonds. The van der Waals surface area contributed by atoms with Crippen molar-refractivity contribution in [3.63, 3.8) is 0 Å². The Morgan fingerprint density at radius 3 is 1.80 bits per heavy atom. The summed E-state index contributed by atoms with van der Waals surface area (Å²) >= 11 is 0. The first-order valence-corrected chi connectivity index (χ1v) is 5.74. The van der Waals surface area contributed by atoms with Gasteiger partial charge in [-0.25, -0.2) is 6.07 Å². The molecule has 0 spiro atoms. The molecule has 0 saturated carbocycles. The fraction of sp³-hybridized carbons (Fsp3) is 0.643. The maximum Gasteiger partial charge on any atom is 0 e. The van der Waals surface area contributed by atoms with E-state index in [0.717, 1.165) is 0 Å². The SMILES string of the molecule is CC(C)c1cc[c-](C(C)C)c1C(C)C.[Tb]. The first-order valence-electron chi connectivity index (χ1n) is 5.74. The van der Waals surface area contributed by atoms with E-state index in [-0.39, 0.29) is 38.6 Å². The summed E-state index contributed by atoms with van der Waals surface area (Å²) in [6.45, 7) is 13.7. The molecule has 0 bridgehead atoms. The van der Waals surface area contributed by atoms with Gasteiger partial charge in [0.2, 0.25) is 0 Å². The van der Waals surface area contributed by atoms with Crippen molar-refractivity contribution in [2.24, 2.45) is 0 Å². The van der Waals surface area contributed by atoms with Crippen LogP contribution < -0.4 is 0 Å². The molecule has 0 aromatic heterocycles. The maximum absolute atomic E-state index is 2.31. The summed E-state index contributed by atoms with van der Waals surface area (Å²) in [6, 6.07) is 4.63. The van der Waals surface area contributed by atoms with Gasteiger partial charge in [0.25, 0.3) is 0 Å². The van der Waals surface area contributed by atoms with Crippen LogP contribution in [0.4, 0.5) is 0 Å². The molecule has 89 valence electrons. The fourth-order valence-electron chi connectivity index (χ4n) is 2.20. The van der Waals surface area contributed by atoms with Gasteiger partial charge in [-0.3, -0.25) is 0 Å². The van der Waals surface area contributed by atoms with E-state index in [2.05, 4.69) is 53.7 Å². The quantitative estimate of drug-likeness (QED) is 0.689. The predicted octanol–water partition coefficient (Wildman–Crippen LogP) is 4.78. The molecule has 0 nitrogen and oxygen atoms in total. The minimum Gasteiger partial charge on any atom is -0.210 e. The molecular formula is C14H23Tb-. The second-order valence-electron chi connectivity index (χ2n) is 5.12. The minimum atomic E-state index is 0. The molecule has 0 aliphatic heterocycles.